The number of aromatic nitrogens is 4. The molecule has 0 aliphatic carbocycles. The van der Waals surface area contributed by atoms with E-state index in [2.05, 4.69) is 22.3 Å². The van der Waals surface area contributed by atoms with Gasteiger partial charge in [0.2, 0.25) is 4.96 Å². The Balaban J connectivity index is 1.59. The van der Waals surface area contributed by atoms with Crippen LogP contribution in [0.5, 0.6) is 11.5 Å². The van der Waals surface area contributed by atoms with Gasteiger partial charge in [0.15, 0.2) is 5.82 Å². The summed E-state index contributed by atoms with van der Waals surface area (Å²) in [5.74, 6) is 2.43. The number of benzene rings is 2. The zero-order valence-corrected chi connectivity index (χ0v) is 15.4. The summed E-state index contributed by atoms with van der Waals surface area (Å²) in [5.41, 5.74) is 2.14. The van der Waals surface area contributed by atoms with Gasteiger partial charge in [0.1, 0.15) is 16.5 Å². The van der Waals surface area contributed by atoms with Gasteiger partial charge < -0.3 is 9.47 Å². The number of nitrogens with zero attached hydrogens (tertiary/aromatic N) is 4. The van der Waals surface area contributed by atoms with Crippen LogP contribution in [0.3, 0.4) is 0 Å². The van der Waals surface area contributed by atoms with Crippen molar-refractivity contribution in [3.05, 3.63) is 59.1 Å². The van der Waals surface area contributed by atoms with Crippen molar-refractivity contribution < 1.29 is 9.47 Å². The zero-order valence-electron chi connectivity index (χ0n) is 14.5. The van der Waals surface area contributed by atoms with Crippen molar-refractivity contribution in [1.29, 1.82) is 0 Å². The van der Waals surface area contributed by atoms with E-state index in [0.29, 0.717) is 6.61 Å². The van der Waals surface area contributed by atoms with Crippen molar-refractivity contribution in [3.63, 3.8) is 0 Å². The predicted molar refractivity (Wildman–Crippen MR) is 101 cm³/mol. The molecule has 132 valence electrons. The molecule has 0 atom stereocenters. The third-order valence-electron chi connectivity index (χ3n) is 3.97. The Hall–Kier alpha value is -2.93. The molecule has 4 aromatic rings. The summed E-state index contributed by atoms with van der Waals surface area (Å²) in [6.45, 7) is 2.62. The summed E-state index contributed by atoms with van der Waals surface area (Å²) < 4.78 is 12.5. The summed E-state index contributed by atoms with van der Waals surface area (Å²) in [6, 6.07) is 15.8. The molecule has 0 saturated heterocycles. The molecule has 26 heavy (non-hydrogen) atoms. The molecule has 0 amide bonds. The molecule has 0 aliphatic heterocycles. The minimum atomic E-state index is 0.648. The molecule has 6 nitrogen and oxygen atoms in total. The standard InChI is InChI=1S/C19H18N4O2S/c1-3-25-16-10-6-14(7-11-16)18-20-21-19-23(18)22-17(26-19)12-13-4-8-15(24-2)9-5-13/h4-11H,3,12H2,1-2H3. The topological polar surface area (TPSA) is 61.5 Å². The third kappa shape index (κ3) is 3.25. The Bertz CT molecular complexity index is 1010. The number of rotatable bonds is 6. The first-order chi connectivity index (χ1) is 12.8. The lowest BCUT2D eigenvalue weighted by molar-refractivity contribution is 0.340. The van der Waals surface area contributed by atoms with Gasteiger partial charge in [-0.3, -0.25) is 0 Å². The van der Waals surface area contributed by atoms with Crippen LogP contribution >= 0.6 is 11.3 Å². The number of hydrogen-bond acceptors (Lipinski definition) is 6. The lowest BCUT2D eigenvalue weighted by atomic mass is 10.1. The van der Waals surface area contributed by atoms with Gasteiger partial charge in [-0.25, -0.2) is 0 Å². The van der Waals surface area contributed by atoms with Crippen LogP contribution in [0.15, 0.2) is 48.5 Å². The second-order valence-corrected chi connectivity index (χ2v) is 6.74. The fraction of sp³-hybridized carbons (Fsp3) is 0.211. The number of hydrogen-bond donors (Lipinski definition) is 0. The highest BCUT2D eigenvalue weighted by atomic mass is 32.1. The van der Waals surface area contributed by atoms with Gasteiger partial charge in [-0.2, -0.15) is 9.61 Å². The number of fused-ring (bicyclic) bond motifs is 1. The summed E-state index contributed by atoms with van der Waals surface area (Å²) in [6.07, 6.45) is 0.751. The molecule has 0 aliphatic rings. The molecule has 2 heterocycles. The van der Waals surface area contributed by atoms with Gasteiger partial charge in [-0.05, 0) is 48.9 Å². The van der Waals surface area contributed by atoms with Crippen molar-refractivity contribution in [1.82, 2.24) is 19.8 Å². The molecular formula is C19H18N4O2S. The Morgan fingerprint density at radius 3 is 2.38 bits per heavy atom. The SMILES string of the molecule is CCOc1ccc(-c2nnc3sc(Cc4ccc(OC)cc4)nn23)cc1. The molecule has 2 aromatic carbocycles. The normalized spacial score (nSPS) is 11.0. The van der Waals surface area contributed by atoms with Crippen molar-refractivity contribution >= 4 is 16.3 Å². The Kier molecular flexibility index (Phi) is 4.53. The van der Waals surface area contributed by atoms with Crippen LogP contribution in [-0.2, 0) is 6.42 Å². The Morgan fingerprint density at radius 2 is 1.69 bits per heavy atom. The predicted octanol–water partition coefficient (Wildman–Crippen LogP) is 3.85. The highest BCUT2D eigenvalue weighted by Crippen LogP contribution is 2.25. The van der Waals surface area contributed by atoms with Crippen LogP contribution in [-0.4, -0.2) is 33.5 Å². The van der Waals surface area contributed by atoms with Gasteiger partial charge >= 0.3 is 0 Å². The van der Waals surface area contributed by atoms with Gasteiger partial charge in [0.25, 0.3) is 0 Å². The monoisotopic (exact) mass is 366 g/mol. The quantitative estimate of drug-likeness (QED) is 0.519. The smallest absolute Gasteiger partial charge is 0.234 e. The fourth-order valence-corrected chi connectivity index (χ4v) is 3.56. The van der Waals surface area contributed by atoms with Crippen molar-refractivity contribution in [2.75, 3.05) is 13.7 Å². The first-order valence-electron chi connectivity index (χ1n) is 8.34. The van der Waals surface area contributed by atoms with Gasteiger partial charge in [0, 0.05) is 12.0 Å². The maximum atomic E-state index is 5.49. The summed E-state index contributed by atoms with van der Waals surface area (Å²) in [5, 5.41) is 14.2. The molecule has 0 radical (unpaired) electrons. The van der Waals surface area contributed by atoms with Gasteiger partial charge in [0.05, 0.1) is 13.7 Å². The van der Waals surface area contributed by atoms with E-state index in [1.807, 2.05) is 43.3 Å². The minimum Gasteiger partial charge on any atom is -0.497 e. The van der Waals surface area contributed by atoms with Crippen LogP contribution in [0.4, 0.5) is 0 Å². The largest absolute Gasteiger partial charge is 0.497 e. The van der Waals surface area contributed by atoms with E-state index in [1.165, 1.54) is 5.56 Å². The highest BCUT2D eigenvalue weighted by Gasteiger charge is 2.14. The maximum Gasteiger partial charge on any atom is 0.234 e. The number of methoxy groups -OCH3 is 1. The zero-order chi connectivity index (χ0) is 17.9. The van der Waals surface area contributed by atoms with E-state index < -0.39 is 0 Å². The Morgan fingerprint density at radius 1 is 0.962 bits per heavy atom. The van der Waals surface area contributed by atoms with Gasteiger partial charge in [-0.1, -0.05) is 23.5 Å². The molecule has 4 rings (SSSR count). The van der Waals surface area contributed by atoms with E-state index in [4.69, 9.17) is 14.6 Å². The van der Waals surface area contributed by atoms with Crippen LogP contribution in [0, 0.1) is 0 Å². The Labute approximate surface area is 155 Å². The summed E-state index contributed by atoms with van der Waals surface area (Å²) in [4.78, 5) is 0.789. The fourth-order valence-electron chi connectivity index (χ4n) is 2.69. The molecular weight excluding hydrogens is 348 g/mol. The lowest BCUT2D eigenvalue weighted by Crippen LogP contribution is -1.95. The first kappa shape index (κ1) is 16.5. The molecule has 0 bridgehead atoms. The second-order valence-electron chi connectivity index (χ2n) is 5.70. The first-order valence-corrected chi connectivity index (χ1v) is 9.15. The highest BCUT2D eigenvalue weighted by molar-refractivity contribution is 7.16. The third-order valence-corrected chi connectivity index (χ3v) is 4.87. The van der Waals surface area contributed by atoms with Crippen molar-refractivity contribution in [2.45, 2.75) is 13.3 Å². The van der Waals surface area contributed by atoms with Crippen LogP contribution in [0.25, 0.3) is 16.3 Å². The lowest BCUT2D eigenvalue weighted by Gasteiger charge is -2.03. The second kappa shape index (κ2) is 7.13. The average Bonchev–Trinajstić information content (AvgIpc) is 3.23. The van der Waals surface area contributed by atoms with E-state index in [9.17, 15) is 0 Å². The van der Waals surface area contributed by atoms with Crippen LogP contribution in [0.1, 0.15) is 17.5 Å². The average molecular weight is 366 g/mol. The molecule has 7 heteroatoms. The maximum absolute atomic E-state index is 5.49. The van der Waals surface area contributed by atoms with Gasteiger partial charge in [-0.15, -0.1) is 10.2 Å². The molecule has 0 spiro atoms. The van der Waals surface area contributed by atoms with Crippen LogP contribution < -0.4 is 9.47 Å². The number of ether oxygens (including phenoxy) is 2. The van der Waals surface area contributed by atoms with Crippen molar-refractivity contribution in [2.24, 2.45) is 0 Å². The van der Waals surface area contributed by atoms with E-state index in [-0.39, 0.29) is 0 Å². The van der Waals surface area contributed by atoms with Crippen LogP contribution in [0.2, 0.25) is 0 Å². The molecule has 0 unspecified atom stereocenters. The van der Waals surface area contributed by atoms with E-state index in [1.54, 1.807) is 23.0 Å². The van der Waals surface area contributed by atoms with E-state index in [0.717, 1.165) is 39.3 Å². The molecule has 0 saturated carbocycles. The molecule has 2 aromatic heterocycles. The molecule has 0 fully saturated rings. The summed E-state index contributed by atoms with van der Waals surface area (Å²) in [7, 11) is 1.67. The van der Waals surface area contributed by atoms with E-state index >= 15 is 0 Å². The van der Waals surface area contributed by atoms with Crippen molar-refractivity contribution in [3.8, 4) is 22.9 Å². The molecule has 0 N–H and O–H groups in total. The minimum absolute atomic E-state index is 0.648. The summed E-state index contributed by atoms with van der Waals surface area (Å²) >= 11 is 1.55.